The van der Waals surface area contributed by atoms with Crippen LogP contribution in [0.25, 0.3) is 0 Å². The number of nitrogens with zero attached hydrogens (tertiary/aromatic N) is 3. The van der Waals surface area contributed by atoms with Crippen molar-refractivity contribution in [2.75, 3.05) is 18.0 Å². The molecule has 1 aliphatic heterocycles. The summed E-state index contributed by atoms with van der Waals surface area (Å²) in [5, 5.41) is 12.3. The van der Waals surface area contributed by atoms with Gasteiger partial charge in [-0.25, -0.2) is 4.98 Å². The number of pyridine rings is 1. The van der Waals surface area contributed by atoms with E-state index in [2.05, 4.69) is 28.2 Å². The molecule has 0 bridgehead atoms. The number of carbonyl (C=O) groups is 1. The van der Waals surface area contributed by atoms with E-state index in [0.717, 1.165) is 50.5 Å². The molecule has 2 aliphatic rings. The second-order valence-corrected chi connectivity index (χ2v) is 6.93. The Bertz CT molecular complexity index is 590. The fourth-order valence-electron chi connectivity index (χ4n) is 3.48. The molecule has 1 aliphatic carbocycles. The lowest BCUT2D eigenvalue weighted by atomic mass is 9.99. The van der Waals surface area contributed by atoms with Gasteiger partial charge in [0.2, 0.25) is 0 Å². The summed E-state index contributed by atoms with van der Waals surface area (Å²) >= 11 is 0. The highest BCUT2D eigenvalue weighted by Gasteiger charge is 2.35. The number of hydrogen-bond donors (Lipinski definition) is 1. The first-order chi connectivity index (χ1) is 11.1. The van der Waals surface area contributed by atoms with Gasteiger partial charge in [0.15, 0.2) is 0 Å². The number of hydrogen-bond acceptors (Lipinski definition) is 4. The summed E-state index contributed by atoms with van der Waals surface area (Å²) < 4.78 is 0. The van der Waals surface area contributed by atoms with E-state index in [-0.39, 0.29) is 5.91 Å². The summed E-state index contributed by atoms with van der Waals surface area (Å²) in [5.74, 6) is 1.52. The van der Waals surface area contributed by atoms with Gasteiger partial charge in [-0.2, -0.15) is 5.26 Å². The predicted molar refractivity (Wildman–Crippen MR) is 89.1 cm³/mol. The second-order valence-electron chi connectivity index (χ2n) is 6.93. The molecule has 5 heteroatoms. The topological polar surface area (TPSA) is 69.0 Å². The van der Waals surface area contributed by atoms with Gasteiger partial charge in [0.1, 0.15) is 11.4 Å². The molecule has 0 aromatic carbocycles. The highest BCUT2D eigenvalue weighted by atomic mass is 16.1. The zero-order valence-electron chi connectivity index (χ0n) is 13.7. The van der Waals surface area contributed by atoms with Gasteiger partial charge in [-0.05, 0) is 56.6 Å². The molecule has 2 heterocycles. The van der Waals surface area contributed by atoms with Crippen molar-refractivity contribution in [3.63, 3.8) is 0 Å². The first-order valence-electron chi connectivity index (χ1n) is 8.57. The molecule has 122 valence electrons. The lowest BCUT2D eigenvalue weighted by molar-refractivity contribution is 0.0920. The minimum absolute atomic E-state index is 0.195. The third kappa shape index (κ3) is 3.47. The molecule has 3 rings (SSSR count). The lowest BCUT2D eigenvalue weighted by Crippen LogP contribution is -2.45. The Morgan fingerprint density at radius 3 is 2.61 bits per heavy atom. The Kier molecular flexibility index (Phi) is 4.51. The minimum atomic E-state index is -0.682. The monoisotopic (exact) mass is 312 g/mol. The Morgan fingerprint density at radius 1 is 1.35 bits per heavy atom. The second kappa shape index (κ2) is 6.57. The summed E-state index contributed by atoms with van der Waals surface area (Å²) in [6.45, 7) is 4.33. The zero-order chi connectivity index (χ0) is 16.3. The van der Waals surface area contributed by atoms with Gasteiger partial charge in [-0.1, -0.05) is 6.92 Å². The summed E-state index contributed by atoms with van der Waals surface area (Å²) in [5.41, 5.74) is -0.153. The molecule has 1 saturated heterocycles. The van der Waals surface area contributed by atoms with E-state index in [1.807, 2.05) is 12.1 Å². The fraction of sp³-hybridized carbons (Fsp3) is 0.611. The van der Waals surface area contributed by atoms with Crippen molar-refractivity contribution >= 4 is 11.7 Å². The van der Waals surface area contributed by atoms with Gasteiger partial charge in [-0.3, -0.25) is 4.79 Å². The van der Waals surface area contributed by atoms with Crippen molar-refractivity contribution in [1.29, 1.82) is 5.26 Å². The molecular weight excluding hydrogens is 288 g/mol. The van der Waals surface area contributed by atoms with Gasteiger partial charge >= 0.3 is 0 Å². The molecule has 2 fully saturated rings. The summed E-state index contributed by atoms with van der Waals surface area (Å²) in [6, 6.07) is 6.02. The first-order valence-corrected chi connectivity index (χ1v) is 8.57. The van der Waals surface area contributed by atoms with E-state index in [9.17, 15) is 10.1 Å². The van der Waals surface area contributed by atoms with Crippen LogP contribution in [-0.4, -0.2) is 29.5 Å². The number of nitrogens with one attached hydrogen (secondary N) is 1. The summed E-state index contributed by atoms with van der Waals surface area (Å²) in [4.78, 5) is 19.1. The van der Waals surface area contributed by atoms with Crippen LogP contribution < -0.4 is 10.2 Å². The molecule has 5 nitrogen and oxygen atoms in total. The van der Waals surface area contributed by atoms with Crippen LogP contribution in [0, 0.1) is 17.2 Å². The molecular formula is C18H24N4O. The number of anilines is 1. The third-order valence-electron chi connectivity index (χ3n) is 5.14. The molecule has 1 amide bonds. The highest BCUT2D eigenvalue weighted by Crippen LogP contribution is 2.29. The van der Waals surface area contributed by atoms with Crippen LogP contribution in [0.15, 0.2) is 18.3 Å². The Balaban J connectivity index is 1.65. The summed E-state index contributed by atoms with van der Waals surface area (Å²) in [6.07, 6.45) is 7.49. The predicted octanol–water partition coefficient (Wildman–Crippen LogP) is 2.88. The van der Waals surface area contributed by atoms with Crippen LogP contribution in [0.1, 0.15) is 55.8 Å². The Morgan fingerprint density at radius 2 is 2.04 bits per heavy atom. The van der Waals surface area contributed by atoms with Crippen molar-refractivity contribution in [3.8, 4) is 6.07 Å². The van der Waals surface area contributed by atoms with E-state index >= 15 is 0 Å². The number of nitriles is 1. The van der Waals surface area contributed by atoms with Crippen molar-refractivity contribution in [2.24, 2.45) is 5.92 Å². The Hall–Kier alpha value is -2.09. The molecule has 0 spiro atoms. The first kappa shape index (κ1) is 15.8. The number of amides is 1. The van der Waals surface area contributed by atoms with E-state index in [1.54, 1.807) is 6.20 Å². The highest BCUT2D eigenvalue weighted by molar-refractivity contribution is 5.94. The average molecular weight is 312 g/mol. The minimum Gasteiger partial charge on any atom is -0.357 e. The van der Waals surface area contributed by atoms with Crippen LogP contribution in [0.3, 0.4) is 0 Å². The standard InChI is InChI=1S/C18H24N4O/c1-14-6-10-22(11-7-14)16-5-4-15(12-20-16)17(23)21-18(13-19)8-2-3-9-18/h4-5,12,14H,2-3,6-11H2,1H3,(H,21,23). The van der Waals surface area contributed by atoms with Crippen molar-refractivity contribution in [1.82, 2.24) is 10.3 Å². The van der Waals surface area contributed by atoms with E-state index in [1.165, 1.54) is 12.8 Å². The fourth-order valence-corrected chi connectivity index (χ4v) is 3.48. The SMILES string of the molecule is CC1CCN(c2ccc(C(=O)NC3(C#N)CCCC3)cn2)CC1. The van der Waals surface area contributed by atoms with E-state index < -0.39 is 5.54 Å². The number of rotatable bonds is 3. The molecule has 1 saturated carbocycles. The maximum absolute atomic E-state index is 12.4. The maximum atomic E-state index is 12.4. The lowest BCUT2D eigenvalue weighted by Gasteiger charge is -2.31. The van der Waals surface area contributed by atoms with Crippen LogP contribution in [-0.2, 0) is 0 Å². The van der Waals surface area contributed by atoms with E-state index in [4.69, 9.17) is 0 Å². The molecule has 0 unspecified atom stereocenters. The number of piperidine rings is 1. The Labute approximate surface area is 137 Å². The van der Waals surface area contributed by atoms with Crippen LogP contribution in [0.5, 0.6) is 0 Å². The van der Waals surface area contributed by atoms with Crippen molar-refractivity contribution < 1.29 is 4.79 Å². The number of aromatic nitrogens is 1. The van der Waals surface area contributed by atoms with Gasteiger partial charge in [0, 0.05) is 19.3 Å². The smallest absolute Gasteiger partial charge is 0.254 e. The van der Waals surface area contributed by atoms with Gasteiger partial charge < -0.3 is 10.2 Å². The van der Waals surface area contributed by atoms with E-state index in [0.29, 0.717) is 5.56 Å². The number of carbonyl (C=O) groups excluding carboxylic acids is 1. The summed E-state index contributed by atoms with van der Waals surface area (Å²) in [7, 11) is 0. The molecule has 23 heavy (non-hydrogen) atoms. The third-order valence-corrected chi connectivity index (χ3v) is 5.14. The van der Waals surface area contributed by atoms with Gasteiger partial charge in [-0.15, -0.1) is 0 Å². The van der Waals surface area contributed by atoms with Crippen molar-refractivity contribution in [2.45, 2.75) is 51.0 Å². The van der Waals surface area contributed by atoms with Crippen LogP contribution >= 0.6 is 0 Å². The van der Waals surface area contributed by atoms with Gasteiger partial charge in [0.25, 0.3) is 5.91 Å². The quantitative estimate of drug-likeness (QED) is 0.931. The molecule has 0 atom stereocenters. The average Bonchev–Trinajstić information content (AvgIpc) is 3.05. The van der Waals surface area contributed by atoms with Crippen LogP contribution in [0.4, 0.5) is 5.82 Å². The van der Waals surface area contributed by atoms with Gasteiger partial charge in [0.05, 0.1) is 11.6 Å². The molecule has 0 radical (unpaired) electrons. The molecule has 1 aromatic heterocycles. The normalized spacial score (nSPS) is 21.0. The van der Waals surface area contributed by atoms with Crippen molar-refractivity contribution in [3.05, 3.63) is 23.9 Å². The molecule has 1 aromatic rings. The zero-order valence-corrected chi connectivity index (χ0v) is 13.7. The maximum Gasteiger partial charge on any atom is 0.254 e. The van der Waals surface area contributed by atoms with Crippen LogP contribution in [0.2, 0.25) is 0 Å². The largest absolute Gasteiger partial charge is 0.357 e. The molecule has 1 N–H and O–H groups in total.